The first-order chi connectivity index (χ1) is 3.93. The van der Waals surface area contributed by atoms with E-state index >= 15 is 0 Å². The molecule has 0 heterocycles. The van der Waals surface area contributed by atoms with Crippen molar-refractivity contribution < 1.29 is 4.79 Å². The Balaban J connectivity index is 2.38. The molecule has 0 spiro atoms. The Morgan fingerprint density at radius 1 is 1.75 bits per heavy atom. The van der Waals surface area contributed by atoms with Crippen molar-refractivity contribution in [3.05, 3.63) is 23.8 Å². The van der Waals surface area contributed by atoms with E-state index < -0.39 is 0 Å². The molecule has 0 unspecified atom stereocenters. The lowest BCUT2D eigenvalue weighted by Gasteiger charge is -2.07. The van der Waals surface area contributed by atoms with Gasteiger partial charge in [0.05, 0.1) is 0 Å². The van der Waals surface area contributed by atoms with Gasteiger partial charge in [-0.15, -0.1) is 0 Å². The van der Waals surface area contributed by atoms with Crippen molar-refractivity contribution in [3.8, 4) is 0 Å². The van der Waals surface area contributed by atoms with Crippen LogP contribution in [0.25, 0.3) is 0 Å². The van der Waals surface area contributed by atoms with Gasteiger partial charge >= 0.3 is 0 Å². The molecule has 1 nitrogen and oxygen atoms in total. The van der Waals surface area contributed by atoms with Crippen LogP contribution in [-0.2, 0) is 4.79 Å². The largest absolute Gasteiger partial charge is 0.286 e. The van der Waals surface area contributed by atoms with Crippen LogP contribution in [0.4, 0.5) is 0 Å². The maximum atomic E-state index is 9.61. The molecule has 0 fully saturated rings. The van der Waals surface area contributed by atoms with E-state index in [4.69, 9.17) is 0 Å². The van der Waals surface area contributed by atoms with Crippen LogP contribution in [0.5, 0.6) is 0 Å². The van der Waals surface area contributed by atoms with Crippen LogP contribution in [0, 0.1) is 0 Å². The molecule has 0 aliphatic heterocycles. The summed E-state index contributed by atoms with van der Waals surface area (Å²) < 4.78 is 0. The Hall–Kier alpha value is -0.850. The average molecular weight is 107 g/mol. The summed E-state index contributed by atoms with van der Waals surface area (Å²) in [6, 6.07) is 0. The van der Waals surface area contributed by atoms with Gasteiger partial charge in [-0.2, -0.15) is 0 Å². The third-order valence-corrected chi connectivity index (χ3v) is 1.20. The molecule has 0 saturated carbocycles. The summed E-state index contributed by atoms with van der Waals surface area (Å²) >= 11 is 0. The lowest BCUT2D eigenvalue weighted by atomic mass is 9.99. The fourth-order valence-corrected chi connectivity index (χ4v) is 0.603. The Kier molecular flexibility index (Phi) is 1.62. The Morgan fingerprint density at radius 2 is 2.50 bits per heavy atom. The van der Waals surface area contributed by atoms with Crippen molar-refractivity contribution in [1.29, 1.82) is 0 Å². The molecule has 0 N–H and O–H groups in total. The summed E-state index contributed by atoms with van der Waals surface area (Å²) in [6.07, 6.45) is 9.30. The molecule has 41 valence electrons. The fourth-order valence-electron chi connectivity index (χ4n) is 0.603. The third-order valence-electron chi connectivity index (χ3n) is 1.20. The van der Waals surface area contributed by atoms with Crippen LogP contribution in [0.2, 0.25) is 0 Å². The van der Waals surface area contributed by atoms with Crippen molar-refractivity contribution >= 4 is 6.29 Å². The van der Waals surface area contributed by atoms with Gasteiger partial charge in [-0.25, -0.2) is 0 Å². The zero-order valence-corrected chi connectivity index (χ0v) is 4.55. The first-order valence-electron chi connectivity index (χ1n) is 2.67. The minimum absolute atomic E-state index is 1.12. The standard InChI is InChI=1S/C7H7O/c8-6-2-5-7-3-1-4-7/h2-3,5H,1,4H2. The van der Waals surface area contributed by atoms with Gasteiger partial charge in [-0.05, 0) is 18.9 Å². The van der Waals surface area contributed by atoms with Gasteiger partial charge in [0.25, 0.3) is 0 Å². The molecule has 0 aromatic heterocycles. The molecule has 0 aromatic rings. The summed E-state index contributed by atoms with van der Waals surface area (Å²) in [5, 5.41) is 0. The summed E-state index contributed by atoms with van der Waals surface area (Å²) in [6.45, 7) is 0. The highest BCUT2D eigenvalue weighted by Crippen LogP contribution is 2.17. The maximum absolute atomic E-state index is 9.61. The molecule has 1 aliphatic rings. The molecule has 0 bridgehead atoms. The van der Waals surface area contributed by atoms with Crippen LogP contribution in [0.1, 0.15) is 12.8 Å². The molecule has 1 heteroatoms. The minimum Gasteiger partial charge on any atom is -0.286 e. The van der Waals surface area contributed by atoms with E-state index in [1.54, 1.807) is 12.4 Å². The maximum Gasteiger partial charge on any atom is 0.225 e. The van der Waals surface area contributed by atoms with Crippen molar-refractivity contribution in [1.82, 2.24) is 0 Å². The molecule has 1 rings (SSSR count). The van der Waals surface area contributed by atoms with E-state index in [9.17, 15) is 4.79 Å². The molecule has 0 amide bonds. The minimum atomic E-state index is 1.12. The predicted octanol–water partition coefficient (Wildman–Crippen LogP) is 1.37. The first kappa shape index (κ1) is 5.29. The molecule has 1 radical (unpaired) electrons. The highest BCUT2D eigenvalue weighted by atomic mass is 16.1. The molecule has 0 saturated heterocycles. The highest BCUT2D eigenvalue weighted by molar-refractivity contribution is 5.66. The van der Waals surface area contributed by atoms with Gasteiger partial charge in [0.1, 0.15) is 0 Å². The fraction of sp³-hybridized carbons (Fsp3) is 0.286. The van der Waals surface area contributed by atoms with E-state index in [1.165, 1.54) is 18.1 Å². The summed E-state index contributed by atoms with van der Waals surface area (Å²) in [5.74, 6) is 0. The van der Waals surface area contributed by atoms with Crippen molar-refractivity contribution in [2.75, 3.05) is 0 Å². The SMILES string of the molecule is O=[C]C=CC1=CCC1. The van der Waals surface area contributed by atoms with Crippen molar-refractivity contribution in [2.45, 2.75) is 12.8 Å². The molecule has 8 heavy (non-hydrogen) atoms. The molecule has 0 atom stereocenters. The topological polar surface area (TPSA) is 17.1 Å². The van der Waals surface area contributed by atoms with Gasteiger partial charge in [-0.3, -0.25) is 4.79 Å². The number of allylic oxidation sites excluding steroid dienone is 4. The molecular weight excluding hydrogens is 100 g/mol. The zero-order chi connectivity index (χ0) is 5.82. The van der Waals surface area contributed by atoms with E-state index in [-0.39, 0.29) is 0 Å². The number of carbonyl (C=O) groups excluding carboxylic acids is 1. The summed E-state index contributed by atoms with van der Waals surface area (Å²) in [5.41, 5.74) is 1.26. The van der Waals surface area contributed by atoms with E-state index in [2.05, 4.69) is 6.08 Å². The smallest absolute Gasteiger partial charge is 0.225 e. The van der Waals surface area contributed by atoms with Crippen LogP contribution < -0.4 is 0 Å². The molecular formula is C7H7O. The van der Waals surface area contributed by atoms with E-state index in [1.807, 2.05) is 0 Å². The second kappa shape index (κ2) is 2.46. The van der Waals surface area contributed by atoms with E-state index in [0.717, 1.165) is 6.42 Å². The second-order valence-electron chi connectivity index (χ2n) is 1.77. The lowest BCUT2D eigenvalue weighted by molar-refractivity contribution is 0.564. The quantitative estimate of drug-likeness (QED) is 0.487. The van der Waals surface area contributed by atoms with Crippen molar-refractivity contribution in [3.63, 3.8) is 0 Å². The van der Waals surface area contributed by atoms with Crippen LogP contribution in [-0.4, -0.2) is 6.29 Å². The molecule has 1 aliphatic carbocycles. The normalized spacial score (nSPS) is 17.8. The Morgan fingerprint density at radius 3 is 2.88 bits per heavy atom. The van der Waals surface area contributed by atoms with Gasteiger partial charge in [0.15, 0.2) is 0 Å². The van der Waals surface area contributed by atoms with Gasteiger partial charge in [0.2, 0.25) is 6.29 Å². The van der Waals surface area contributed by atoms with Gasteiger partial charge in [-0.1, -0.05) is 17.7 Å². The van der Waals surface area contributed by atoms with Crippen LogP contribution >= 0.6 is 0 Å². The van der Waals surface area contributed by atoms with Crippen LogP contribution in [0.15, 0.2) is 23.8 Å². The average Bonchev–Trinajstić information content (AvgIpc) is 1.63. The number of hydrogen-bond donors (Lipinski definition) is 0. The highest BCUT2D eigenvalue weighted by Gasteiger charge is 1.98. The third kappa shape index (κ3) is 1.06. The zero-order valence-electron chi connectivity index (χ0n) is 4.55. The predicted molar refractivity (Wildman–Crippen MR) is 32.2 cm³/mol. The summed E-state index contributed by atoms with van der Waals surface area (Å²) in [4.78, 5) is 9.61. The van der Waals surface area contributed by atoms with Gasteiger partial charge < -0.3 is 0 Å². The van der Waals surface area contributed by atoms with E-state index in [0.29, 0.717) is 0 Å². The second-order valence-corrected chi connectivity index (χ2v) is 1.77. The number of rotatable bonds is 2. The molecule has 0 aromatic carbocycles. The monoisotopic (exact) mass is 107 g/mol. The number of hydrogen-bond acceptors (Lipinski definition) is 1. The van der Waals surface area contributed by atoms with Gasteiger partial charge in [0, 0.05) is 0 Å². The van der Waals surface area contributed by atoms with Crippen molar-refractivity contribution in [2.24, 2.45) is 0 Å². The lowest BCUT2D eigenvalue weighted by Crippen LogP contribution is -1.88. The van der Waals surface area contributed by atoms with Crippen LogP contribution in [0.3, 0.4) is 0 Å². The Bertz CT molecular complexity index is 142. The Labute approximate surface area is 48.7 Å². The summed E-state index contributed by atoms with van der Waals surface area (Å²) in [7, 11) is 0. The first-order valence-corrected chi connectivity index (χ1v) is 2.67.